The Bertz CT molecular complexity index is 1090. The highest BCUT2D eigenvalue weighted by molar-refractivity contribution is 5.89. The minimum Gasteiger partial charge on any atom is -0.458 e. The highest BCUT2D eigenvalue weighted by atomic mass is 16.6. The molecule has 1 aromatic rings. The van der Waals surface area contributed by atoms with Crippen molar-refractivity contribution in [2.24, 2.45) is 46.3 Å². The molecule has 1 aromatic carbocycles. The lowest BCUT2D eigenvalue weighted by atomic mass is 9.47. The van der Waals surface area contributed by atoms with Crippen molar-refractivity contribution < 1.29 is 14.5 Å². The summed E-state index contributed by atoms with van der Waals surface area (Å²) < 4.78 is 5.93. The van der Waals surface area contributed by atoms with Crippen LogP contribution in [0.15, 0.2) is 35.9 Å². The average molecular weight is 536 g/mol. The molecule has 5 heteroatoms. The number of fused-ring (bicyclic) bond motifs is 5. The van der Waals surface area contributed by atoms with Crippen LogP contribution in [0, 0.1) is 56.5 Å². The third-order valence-electron chi connectivity index (χ3n) is 11.8. The number of nitrogens with zero attached hydrogens (tertiary/aromatic N) is 1. The maximum atomic E-state index is 12.8. The quantitative estimate of drug-likeness (QED) is 0.144. The van der Waals surface area contributed by atoms with Crippen LogP contribution in [0.1, 0.15) is 116 Å². The molecule has 4 aliphatic rings. The van der Waals surface area contributed by atoms with E-state index in [4.69, 9.17) is 4.74 Å². The van der Waals surface area contributed by atoms with Gasteiger partial charge < -0.3 is 4.74 Å². The van der Waals surface area contributed by atoms with E-state index in [0.29, 0.717) is 11.0 Å². The van der Waals surface area contributed by atoms with Crippen molar-refractivity contribution in [1.29, 1.82) is 0 Å². The molecular weight excluding hydrogens is 486 g/mol. The summed E-state index contributed by atoms with van der Waals surface area (Å²) in [6.07, 6.45) is 16.1. The third kappa shape index (κ3) is 5.32. The van der Waals surface area contributed by atoms with Gasteiger partial charge >= 0.3 is 5.97 Å². The Morgan fingerprint density at radius 2 is 1.77 bits per heavy atom. The molecule has 3 saturated carbocycles. The molecule has 0 aromatic heterocycles. The van der Waals surface area contributed by atoms with Crippen LogP contribution in [0.25, 0.3) is 0 Å². The smallest absolute Gasteiger partial charge is 0.338 e. The van der Waals surface area contributed by atoms with Gasteiger partial charge in [-0.15, -0.1) is 0 Å². The Labute approximate surface area is 235 Å². The SMILES string of the molecule is CC(C)CCC[C@H](C)[C@@H]1CC[C@@H]2[C@H]3CC=C4C[C@@H](OC(=O)c5ccc([N+](=O)[O-])cc5)CC[C@]4(C)[C@@H]3CC[C@]21C. The van der Waals surface area contributed by atoms with Crippen LogP contribution in [0.2, 0.25) is 0 Å². The second-order valence-electron chi connectivity index (χ2n) is 14.4. The van der Waals surface area contributed by atoms with Gasteiger partial charge in [-0.2, -0.15) is 0 Å². The number of ether oxygens (including phenoxy) is 1. The maximum absolute atomic E-state index is 12.8. The topological polar surface area (TPSA) is 69.4 Å². The van der Waals surface area contributed by atoms with Crippen molar-refractivity contribution in [3.05, 3.63) is 51.6 Å². The van der Waals surface area contributed by atoms with Gasteiger partial charge in [0, 0.05) is 18.6 Å². The largest absolute Gasteiger partial charge is 0.458 e. The molecule has 3 fully saturated rings. The van der Waals surface area contributed by atoms with E-state index in [1.54, 1.807) is 0 Å². The molecule has 0 aliphatic heterocycles. The lowest BCUT2D eigenvalue weighted by molar-refractivity contribution is -0.384. The molecule has 0 saturated heterocycles. The lowest BCUT2D eigenvalue weighted by Gasteiger charge is -2.58. The zero-order chi connectivity index (χ0) is 27.9. The van der Waals surface area contributed by atoms with E-state index in [1.165, 1.54) is 81.2 Å². The van der Waals surface area contributed by atoms with Crippen molar-refractivity contribution in [1.82, 2.24) is 0 Å². The molecule has 214 valence electrons. The number of carbonyl (C=O) groups is 1. The van der Waals surface area contributed by atoms with Gasteiger partial charge in [-0.3, -0.25) is 10.1 Å². The van der Waals surface area contributed by atoms with Crippen LogP contribution in [0.5, 0.6) is 0 Å². The molecule has 0 amide bonds. The lowest BCUT2D eigenvalue weighted by Crippen LogP contribution is -2.51. The van der Waals surface area contributed by atoms with Gasteiger partial charge in [-0.1, -0.05) is 65.5 Å². The summed E-state index contributed by atoms with van der Waals surface area (Å²) in [6.45, 7) is 12.4. The molecule has 0 bridgehead atoms. The average Bonchev–Trinajstić information content (AvgIpc) is 3.26. The minimum absolute atomic E-state index is 0.0142. The van der Waals surface area contributed by atoms with Gasteiger partial charge in [0.25, 0.3) is 5.69 Å². The Morgan fingerprint density at radius 3 is 2.46 bits per heavy atom. The van der Waals surface area contributed by atoms with Gasteiger partial charge in [-0.05, 0) is 103 Å². The van der Waals surface area contributed by atoms with Crippen molar-refractivity contribution in [2.75, 3.05) is 0 Å². The van der Waals surface area contributed by atoms with Gasteiger partial charge in [0.1, 0.15) is 6.10 Å². The van der Waals surface area contributed by atoms with E-state index in [1.807, 2.05) is 0 Å². The van der Waals surface area contributed by atoms with Crippen LogP contribution < -0.4 is 0 Å². The summed E-state index contributed by atoms with van der Waals surface area (Å²) in [5.41, 5.74) is 2.60. The Hall–Kier alpha value is -2.17. The van der Waals surface area contributed by atoms with Gasteiger partial charge in [0.2, 0.25) is 0 Å². The minimum atomic E-state index is -0.450. The molecule has 8 atom stereocenters. The molecule has 5 rings (SSSR count). The first-order chi connectivity index (χ1) is 18.5. The van der Waals surface area contributed by atoms with Gasteiger partial charge in [-0.25, -0.2) is 4.79 Å². The summed E-state index contributed by atoms with van der Waals surface area (Å²) in [5, 5.41) is 10.9. The van der Waals surface area contributed by atoms with Crippen LogP contribution in [0.4, 0.5) is 5.69 Å². The second kappa shape index (κ2) is 11.0. The molecule has 4 aliphatic carbocycles. The van der Waals surface area contributed by atoms with E-state index in [2.05, 4.69) is 40.7 Å². The van der Waals surface area contributed by atoms with E-state index in [0.717, 1.165) is 54.8 Å². The van der Waals surface area contributed by atoms with Crippen LogP contribution >= 0.6 is 0 Å². The molecule has 0 radical (unpaired) electrons. The first-order valence-electron chi connectivity index (χ1n) is 15.7. The highest BCUT2D eigenvalue weighted by Gasteiger charge is 2.59. The molecule has 39 heavy (non-hydrogen) atoms. The predicted molar refractivity (Wildman–Crippen MR) is 155 cm³/mol. The number of nitro groups is 1. The van der Waals surface area contributed by atoms with E-state index < -0.39 is 4.92 Å². The monoisotopic (exact) mass is 535 g/mol. The normalized spacial score (nSPS) is 36.4. The number of carbonyl (C=O) groups excluding carboxylic acids is 1. The molecule has 0 spiro atoms. The zero-order valence-electron chi connectivity index (χ0n) is 24.8. The van der Waals surface area contributed by atoms with Gasteiger partial charge in [0.05, 0.1) is 10.5 Å². The summed E-state index contributed by atoms with van der Waals surface area (Å²) >= 11 is 0. The summed E-state index contributed by atoms with van der Waals surface area (Å²) in [7, 11) is 0. The molecule has 0 N–H and O–H groups in total. The number of hydrogen-bond acceptors (Lipinski definition) is 4. The van der Waals surface area contributed by atoms with Crippen LogP contribution in [-0.2, 0) is 4.74 Å². The van der Waals surface area contributed by atoms with Gasteiger partial charge in [0.15, 0.2) is 0 Å². The Balaban J connectivity index is 1.23. The summed E-state index contributed by atoms with van der Waals surface area (Å²) in [6, 6.07) is 5.73. The Morgan fingerprint density at radius 1 is 1.03 bits per heavy atom. The molecule has 0 unspecified atom stereocenters. The number of hydrogen-bond donors (Lipinski definition) is 0. The fraction of sp³-hybridized carbons (Fsp3) is 0.735. The predicted octanol–water partition coefficient (Wildman–Crippen LogP) is 9.16. The fourth-order valence-corrected chi connectivity index (χ4v) is 9.69. The van der Waals surface area contributed by atoms with Crippen molar-refractivity contribution in [3.63, 3.8) is 0 Å². The van der Waals surface area contributed by atoms with E-state index in [-0.39, 0.29) is 23.2 Å². The fourth-order valence-electron chi connectivity index (χ4n) is 9.69. The van der Waals surface area contributed by atoms with E-state index >= 15 is 0 Å². The first kappa shape index (κ1) is 28.4. The number of benzene rings is 1. The van der Waals surface area contributed by atoms with Crippen LogP contribution in [-0.4, -0.2) is 17.0 Å². The highest BCUT2D eigenvalue weighted by Crippen LogP contribution is 2.67. The molecular formula is C34H49NO4. The number of rotatable bonds is 8. The third-order valence-corrected chi connectivity index (χ3v) is 11.8. The van der Waals surface area contributed by atoms with E-state index in [9.17, 15) is 14.9 Å². The number of esters is 1. The first-order valence-corrected chi connectivity index (χ1v) is 15.7. The number of nitro benzene ring substituents is 1. The Kier molecular flexibility index (Phi) is 8.01. The molecule has 0 heterocycles. The second-order valence-corrected chi connectivity index (χ2v) is 14.4. The van der Waals surface area contributed by atoms with Crippen molar-refractivity contribution in [3.8, 4) is 0 Å². The number of non-ortho nitro benzene ring substituents is 1. The summed E-state index contributed by atoms with van der Waals surface area (Å²) in [4.78, 5) is 23.3. The maximum Gasteiger partial charge on any atom is 0.338 e. The zero-order valence-corrected chi connectivity index (χ0v) is 24.8. The van der Waals surface area contributed by atoms with Crippen molar-refractivity contribution in [2.45, 2.75) is 111 Å². The standard InChI is InChI=1S/C34H49NO4/c1-22(2)7-6-8-23(3)29-15-16-30-28-14-11-25-21-27(17-19-33(25,4)31(28)18-20-34(29,30)5)39-32(36)24-9-12-26(13-10-24)35(37)38/h9-13,22-23,27-31H,6-8,14-21H2,1-5H3/t23-,27-,28+,29-,30+,31+,33-,34-/m0/s1. The summed E-state index contributed by atoms with van der Waals surface area (Å²) in [5.74, 6) is 4.54. The molecule has 5 nitrogen and oxygen atoms in total. The van der Waals surface area contributed by atoms with Crippen molar-refractivity contribution >= 4 is 11.7 Å². The van der Waals surface area contributed by atoms with Crippen LogP contribution in [0.3, 0.4) is 0 Å². The number of allylic oxidation sites excluding steroid dienone is 1.